The number of aromatic nitrogens is 1. The highest BCUT2D eigenvalue weighted by Crippen LogP contribution is 2.27. The van der Waals surface area contributed by atoms with Crippen LogP contribution in [0.2, 0.25) is 0 Å². The number of carbonyl (C=O) groups is 2. The summed E-state index contributed by atoms with van der Waals surface area (Å²) in [6.07, 6.45) is 3.62. The number of nitrogens with zero attached hydrogens (tertiary/aromatic N) is 2. The molecule has 3 aromatic rings. The first-order valence-electron chi connectivity index (χ1n) is 12.5. The Bertz CT molecular complexity index is 1190. The Morgan fingerprint density at radius 3 is 2.68 bits per heavy atom. The summed E-state index contributed by atoms with van der Waals surface area (Å²) in [4.78, 5) is 31.1. The minimum absolute atomic E-state index is 0.141. The number of rotatable bonds is 10. The lowest BCUT2D eigenvalue weighted by molar-refractivity contribution is -0.145. The Kier molecular flexibility index (Phi) is 8.85. The van der Waals surface area contributed by atoms with Crippen LogP contribution in [0.5, 0.6) is 5.75 Å². The molecule has 2 amide bonds. The predicted molar refractivity (Wildman–Crippen MR) is 137 cm³/mol. The van der Waals surface area contributed by atoms with Gasteiger partial charge < -0.3 is 20.1 Å². The van der Waals surface area contributed by atoms with Crippen LogP contribution in [0.1, 0.15) is 36.5 Å². The molecule has 1 aromatic heterocycles. The number of ether oxygens (including phenoxy) is 1. The number of aliphatic hydroxyl groups excluding tert-OH is 1. The normalized spacial score (nSPS) is 17.2. The van der Waals surface area contributed by atoms with E-state index < -0.39 is 23.9 Å². The van der Waals surface area contributed by atoms with Gasteiger partial charge in [0.15, 0.2) is 0 Å². The number of pyridine rings is 1. The average Bonchev–Trinajstić information content (AvgIpc) is 2.89. The molecule has 0 radical (unpaired) electrons. The molecular formula is C29H32FN3O4. The van der Waals surface area contributed by atoms with Crippen LogP contribution in [0.3, 0.4) is 0 Å². The van der Waals surface area contributed by atoms with Crippen LogP contribution in [0.15, 0.2) is 73.1 Å². The van der Waals surface area contributed by atoms with Gasteiger partial charge in [-0.15, -0.1) is 0 Å². The lowest BCUT2D eigenvalue weighted by atomic mass is 9.85. The van der Waals surface area contributed by atoms with Crippen LogP contribution in [-0.2, 0) is 29.2 Å². The van der Waals surface area contributed by atoms with Gasteiger partial charge in [0, 0.05) is 44.0 Å². The third-order valence-corrected chi connectivity index (χ3v) is 6.52. The van der Waals surface area contributed by atoms with Crippen LogP contribution < -0.4 is 10.1 Å². The summed E-state index contributed by atoms with van der Waals surface area (Å²) in [5.41, 5.74) is 2.40. The number of likely N-dealkylation sites (tertiary alicyclic amines) is 1. The highest BCUT2D eigenvalue weighted by molar-refractivity contribution is 5.80. The second-order valence-electron chi connectivity index (χ2n) is 9.44. The molecule has 7 nitrogen and oxygen atoms in total. The van der Waals surface area contributed by atoms with E-state index in [1.165, 1.54) is 19.1 Å². The molecule has 0 spiro atoms. The van der Waals surface area contributed by atoms with E-state index >= 15 is 0 Å². The number of hydrogen-bond acceptors (Lipinski definition) is 5. The second-order valence-corrected chi connectivity index (χ2v) is 9.44. The Morgan fingerprint density at radius 1 is 1.16 bits per heavy atom. The molecule has 1 aliphatic heterocycles. The molecular weight excluding hydrogens is 473 g/mol. The zero-order chi connectivity index (χ0) is 26.2. The first-order chi connectivity index (χ1) is 17.9. The van der Waals surface area contributed by atoms with Gasteiger partial charge in [0.1, 0.15) is 18.2 Å². The van der Waals surface area contributed by atoms with E-state index in [4.69, 9.17) is 4.74 Å². The van der Waals surface area contributed by atoms with E-state index in [1.807, 2.05) is 36.4 Å². The van der Waals surface area contributed by atoms with Crippen molar-refractivity contribution in [3.8, 4) is 5.75 Å². The summed E-state index contributed by atoms with van der Waals surface area (Å²) in [6.45, 7) is 2.67. The van der Waals surface area contributed by atoms with Crippen molar-refractivity contribution in [3.05, 3.63) is 95.6 Å². The minimum Gasteiger partial charge on any atom is -0.489 e. The molecule has 0 aliphatic carbocycles. The Balaban J connectivity index is 1.47. The third-order valence-electron chi connectivity index (χ3n) is 6.52. The Labute approximate surface area is 216 Å². The molecule has 37 heavy (non-hydrogen) atoms. The number of benzene rings is 2. The summed E-state index contributed by atoms with van der Waals surface area (Å²) in [5.74, 6) is -1.30. The van der Waals surface area contributed by atoms with Crippen LogP contribution >= 0.6 is 0 Å². The molecule has 2 aromatic carbocycles. The number of nitrogens with one attached hydrogen (secondary N) is 1. The van der Waals surface area contributed by atoms with Crippen molar-refractivity contribution >= 4 is 11.8 Å². The number of piperidine rings is 1. The van der Waals surface area contributed by atoms with Crippen molar-refractivity contribution in [1.82, 2.24) is 15.2 Å². The standard InChI is InChI=1S/C29H32FN3O4/c1-20(34)32-27(15-23-13-24(30)16-25(14-23)37-19-22-9-5-11-31-17-22)28(35)26-10-6-12-33(29(26)36)18-21-7-3-2-4-8-21/h2-5,7-9,11,13-14,16-17,26-28,35H,6,10,12,15,18-19H2,1H3,(H,32,34)/t26-,27-,28+/m0/s1. The Morgan fingerprint density at radius 2 is 1.95 bits per heavy atom. The fourth-order valence-electron chi connectivity index (χ4n) is 4.77. The van der Waals surface area contributed by atoms with Gasteiger partial charge >= 0.3 is 0 Å². The van der Waals surface area contributed by atoms with Crippen molar-refractivity contribution in [2.45, 2.75) is 51.5 Å². The Hall–Kier alpha value is -3.78. The second kappa shape index (κ2) is 12.5. The van der Waals surface area contributed by atoms with Crippen molar-refractivity contribution in [2.75, 3.05) is 6.54 Å². The molecule has 0 bridgehead atoms. The topological polar surface area (TPSA) is 91.8 Å². The van der Waals surface area contributed by atoms with Crippen LogP contribution in [0.4, 0.5) is 4.39 Å². The number of carbonyl (C=O) groups excluding carboxylic acids is 2. The van der Waals surface area contributed by atoms with Gasteiger partial charge in [-0.05, 0) is 48.6 Å². The number of hydrogen-bond donors (Lipinski definition) is 2. The summed E-state index contributed by atoms with van der Waals surface area (Å²) >= 11 is 0. The maximum Gasteiger partial charge on any atom is 0.228 e. The van der Waals surface area contributed by atoms with E-state index in [9.17, 15) is 19.1 Å². The molecule has 0 unspecified atom stereocenters. The third kappa shape index (κ3) is 7.36. The molecule has 1 fully saturated rings. The molecule has 0 saturated carbocycles. The van der Waals surface area contributed by atoms with Crippen LogP contribution in [0, 0.1) is 11.7 Å². The quantitative estimate of drug-likeness (QED) is 0.439. The van der Waals surface area contributed by atoms with Gasteiger partial charge in [0.25, 0.3) is 0 Å². The van der Waals surface area contributed by atoms with Crippen LogP contribution in [0.25, 0.3) is 0 Å². The zero-order valence-electron chi connectivity index (χ0n) is 20.8. The lowest BCUT2D eigenvalue weighted by Gasteiger charge is -2.37. The molecule has 1 saturated heterocycles. The highest BCUT2D eigenvalue weighted by atomic mass is 19.1. The zero-order valence-corrected chi connectivity index (χ0v) is 20.8. The van der Waals surface area contributed by atoms with Gasteiger partial charge in [0.2, 0.25) is 11.8 Å². The maximum absolute atomic E-state index is 14.4. The fourth-order valence-corrected chi connectivity index (χ4v) is 4.77. The van der Waals surface area contributed by atoms with Gasteiger partial charge in [-0.1, -0.05) is 36.4 Å². The fraction of sp³-hybridized carbons (Fsp3) is 0.345. The van der Waals surface area contributed by atoms with Gasteiger partial charge in [0.05, 0.1) is 18.1 Å². The van der Waals surface area contributed by atoms with Crippen molar-refractivity contribution in [1.29, 1.82) is 0 Å². The smallest absolute Gasteiger partial charge is 0.228 e. The minimum atomic E-state index is -1.13. The van der Waals surface area contributed by atoms with E-state index in [0.717, 1.165) is 17.5 Å². The summed E-state index contributed by atoms with van der Waals surface area (Å²) in [5, 5.41) is 14.1. The van der Waals surface area contributed by atoms with Gasteiger partial charge in [-0.25, -0.2) is 4.39 Å². The predicted octanol–water partition coefficient (Wildman–Crippen LogP) is 3.65. The summed E-state index contributed by atoms with van der Waals surface area (Å²) in [6, 6.07) is 16.9. The first kappa shape index (κ1) is 26.3. The van der Waals surface area contributed by atoms with E-state index in [-0.39, 0.29) is 24.8 Å². The van der Waals surface area contributed by atoms with Gasteiger partial charge in [-0.3, -0.25) is 14.6 Å². The molecule has 2 N–H and O–H groups in total. The largest absolute Gasteiger partial charge is 0.489 e. The van der Waals surface area contributed by atoms with Crippen molar-refractivity contribution in [2.24, 2.45) is 5.92 Å². The maximum atomic E-state index is 14.4. The van der Waals surface area contributed by atoms with E-state index in [1.54, 1.807) is 29.4 Å². The number of amides is 2. The average molecular weight is 506 g/mol. The summed E-state index contributed by atoms with van der Waals surface area (Å²) in [7, 11) is 0. The number of halogens is 1. The molecule has 4 rings (SSSR count). The number of aliphatic hydroxyl groups is 1. The monoisotopic (exact) mass is 505 g/mol. The molecule has 1 aliphatic rings. The molecule has 2 heterocycles. The van der Waals surface area contributed by atoms with Crippen molar-refractivity contribution in [3.63, 3.8) is 0 Å². The van der Waals surface area contributed by atoms with E-state index in [2.05, 4.69) is 10.3 Å². The van der Waals surface area contributed by atoms with Crippen LogP contribution in [-0.4, -0.2) is 45.5 Å². The molecule has 194 valence electrons. The first-order valence-corrected chi connectivity index (χ1v) is 12.5. The molecule has 8 heteroatoms. The SMILES string of the molecule is CC(=O)N[C@@H](Cc1cc(F)cc(OCc2cccnc2)c1)[C@H](O)[C@@H]1CCCN(Cc2ccccc2)C1=O. The summed E-state index contributed by atoms with van der Waals surface area (Å²) < 4.78 is 20.2. The van der Waals surface area contributed by atoms with Crippen molar-refractivity contribution < 1.29 is 23.8 Å². The lowest BCUT2D eigenvalue weighted by Crippen LogP contribution is -2.53. The molecule has 3 atom stereocenters. The van der Waals surface area contributed by atoms with E-state index in [0.29, 0.717) is 30.8 Å². The van der Waals surface area contributed by atoms with Gasteiger partial charge in [-0.2, -0.15) is 0 Å². The highest BCUT2D eigenvalue weighted by Gasteiger charge is 2.38.